The lowest BCUT2D eigenvalue weighted by Crippen LogP contribution is -2.31. The van der Waals surface area contributed by atoms with Gasteiger partial charge in [0.15, 0.2) is 0 Å². The van der Waals surface area contributed by atoms with Crippen molar-refractivity contribution in [2.45, 2.75) is 19.9 Å². The maximum absolute atomic E-state index is 11.7. The van der Waals surface area contributed by atoms with Gasteiger partial charge in [0, 0.05) is 6.04 Å². The second-order valence-electron chi connectivity index (χ2n) is 3.60. The molecule has 0 saturated carbocycles. The van der Waals surface area contributed by atoms with E-state index in [-0.39, 0.29) is 22.2 Å². The van der Waals surface area contributed by atoms with E-state index >= 15 is 0 Å². The first-order valence-electron chi connectivity index (χ1n) is 4.76. The van der Waals surface area contributed by atoms with E-state index in [1.165, 1.54) is 12.1 Å². The number of halogens is 1. The number of benzene rings is 1. The van der Waals surface area contributed by atoms with Crippen LogP contribution in [0.5, 0.6) is 0 Å². The number of amides is 1. The predicted octanol–water partition coefficient (Wildman–Crippen LogP) is 2.18. The Morgan fingerprint density at radius 1 is 1.38 bits per heavy atom. The van der Waals surface area contributed by atoms with Crippen molar-refractivity contribution >= 4 is 23.5 Å². The summed E-state index contributed by atoms with van der Waals surface area (Å²) in [5.41, 5.74) is -0.0870. The molecule has 1 aromatic rings. The van der Waals surface area contributed by atoms with Gasteiger partial charge >= 0.3 is 5.97 Å². The van der Waals surface area contributed by atoms with Crippen LogP contribution in [0.25, 0.3) is 0 Å². The van der Waals surface area contributed by atoms with Crippen molar-refractivity contribution < 1.29 is 14.7 Å². The monoisotopic (exact) mass is 241 g/mol. The number of nitrogens with one attached hydrogen (secondary N) is 1. The number of carboxylic acids is 1. The molecule has 0 radical (unpaired) electrons. The Morgan fingerprint density at radius 3 is 2.50 bits per heavy atom. The van der Waals surface area contributed by atoms with Crippen LogP contribution in [0.3, 0.4) is 0 Å². The fraction of sp³-hybridized carbons (Fsp3) is 0.273. The summed E-state index contributed by atoms with van der Waals surface area (Å²) in [6.45, 7) is 3.59. The van der Waals surface area contributed by atoms with Crippen LogP contribution in [-0.4, -0.2) is 23.0 Å². The Hall–Kier alpha value is -1.55. The van der Waals surface area contributed by atoms with Crippen molar-refractivity contribution in [3.63, 3.8) is 0 Å². The highest BCUT2D eigenvalue weighted by Crippen LogP contribution is 2.20. The van der Waals surface area contributed by atoms with E-state index in [0.717, 1.165) is 0 Å². The van der Waals surface area contributed by atoms with Gasteiger partial charge in [-0.05, 0) is 26.0 Å². The van der Waals surface area contributed by atoms with Crippen molar-refractivity contribution in [2.24, 2.45) is 0 Å². The zero-order valence-corrected chi connectivity index (χ0v) is 9.71. The summed E-state index contributed by atoms with van der Waals surface area (Å²) < 4.78 is 0. The third-order valence-electron chi connectivity index (χ3n) is 1.89. The van der Waals surface area contributed by atoms with Crippen molar-refractivity contribution in [3.8, 4) is 0 Å². The lowest BCUT2D eigenvalue weighted by atomic mass is 10.1. The minimum absolute atomic E-state index is 0.0592. The van der Waals surface area contributed by atoms with Crippen LogP contribution >= 0.6 is 11.6 Å². The highest BCUT2D eigenvalue weighted by Gasteiger charge is 2.19. The fourth-order valence-electron chi connectivity index (χ4n) is 1.27. The van der Waals surface area contributed by atoms with Gasteiger partial charge in [0.1, 0.15) is 0 Å². The van der Waals surface area contributed by atoms with Gasteiger partial charge in [-0.3, -0.25) is 4.79 Å². The quantitative estimate of drug-likeness (QED) is 0.852. The molecule has 0 spiro atoms. The number of hydrogen-bond donors (Lipinski definition) is 2. The highest BCUT2D eigenvalue weighted by molar-refractivity contribution is 6.34. The van der Waals surface area contributed by atoms with Gasteiger partial charge in [0.25, 0.3) is 5.91 Å². The molecular weight excluding hydrogens is 230 g/mol. The van der Waals surface area contributed by atoms with Crippen LogP contribution in [-0.2, 0) is 0 Å². The second kappa shape index (κ2) is 4.99. The first kappa shape index (κ1) is 12.5. The standard InChI is InChI=1S/C11H12ClNO3/c1-6(2)13-10(14)7-4-3-5-8(12)9(7)11(15)16/h3-6H,1-2H3,(H,13,14)(H,15,16). The molecular formula is C11H12ClNO3. The summed E-state index contributed by atoms with van der Waals surface area (Å²) >= 11 is 5.74. The van der Waals surface area contributed by atoms with E-state index in [2.05, 4.69) is 5.32 Å². The minimum atomic E-state index is -1.21. The molecule has 0 aromatic heterocycles. The smallest absolute Gasteiger partial charge is 0.338 e. The van der Waals surface area contributed by atoms with Gasteiger partial charge in [-0.1, -0.05) is 17.7 Å². The number of carboxylic acid groups (broad SMARTS) is 1. The van der Waals surface area contributed by atoms with Crippen LogP contribution < -0.4 is 5.32 Å². The summed E-state index contributed by atoms with van der Waals surface area (Å²) in [5.74, 6) is -1.64. The summed E-state index contributed by atoms with van der Waals surface area (Å²) in [7, 11) is 0. The van der Waals surface area contributed by atoms with Gasteiger partial charge in [-0.2, -0.15) is 0 Å². The molecule has 0 aliphatic carbocycles. The lowest BCUT2D eigenvalue weighted by molar-refractivity contribution is 0.0691. The first-order chi connectivity index (χ1) is 7.43. The van der Waals surface area contributed by atoms with Gasteiger partial charge in [-0.25, -0.2) is 4.79 Å². The molecule has 0 fully saturated rings. The zero-order valence-electron chi connectivity index (χ0n) is 8.95. The molecule has 0 atom stereocenters. The SMILES string of the molecule is CC(C)NC(=O)c1cccc(Cl)c1C(=O)O. The van der Waals surface area contributed by atoms with Crippen LogP contribution in [0.1, 0.15) is 34.6 Å². The average Bonchev–Trinajstić information content (AvgIpc) is 2.15. The van der Waals surface area contributed by atoms with Crippen molar-refractivity contribution in [2.75, 3.05) is 0 Å². The van der Waals surface area contributed by atoms with E-state index in [9.17, 15) is 9.59 Å². The average molecular weight is 242 g/mol. The number of hydrogen-bond acceptors (Lipinski definition) is 2. The molecule has 2 N–H and O–H groups in total. The third kappa shape index (κ3) is 2.73. The van der Waals surface area contributed by atoms with Crippen molar-refractivity contribution in [1.82, 2.24) is 5.32 Å². The maximum atomic E-state index is 11.7. The second-order valence-corrected chi connectivity index (χ2v) is 4.00. The number of carbonyl (C=O) groups excluding carboxylic acids is 1. The Kier molecular flexibility index (Phi) is 3.90. The molecule has 0 heterocycles. The number of aromatic carboxylic acids is 1. The molecule has 0 bridgehead atoms. The molecule has 0 aliphatic rings. The third-order valence-corrected chi connectivity index (χ3v) is 2.21. The molecule has 4 nitrogen and oxygen atoms in total. The van der Waals surface area contributed by atoms with Gasteiger partial charge in [-0.15, -0.1) is 0 Å². The molecule has 0 saturated heterocycles. The fourth-order valence-corrected chi connectivity index (χ4v) is 1.53. The Bertz CT molecular complexity index is 429. The largest absolute Gasteiger partial charge is 0.478 e. The normalized spacial score (nSPS) is 10.2. The molecule has 0 unspecified atom stereocenters. The van der Waals surface area contributed by atoms with E-state index in [1.807, 2.05) is 0 Å². The highest BCUT2D eigenvalue weighted by atomic mass is 35.5. The minimum Gasteiger partial charge on any atom is -0.478 e. The molecule has 1 rings (SSSR count). The Labute approximate surface area is 98.2 Å². The lowest BCUT2D eigenvalue weighted by Gasteiger charge is -2.11. The molecule has 5 heteroatoms. The number of carbonyl (C=O) groups is 2. The predicted molar refractivity (Wildman–Crippen MR) is 61.0 cm³/mol. The maximum Gasteiger partial charge on any atom is 0.338 e. The van der Waals surface area contributed by atoms with Crippen molar-refractivity contribution in [1.29, 1.82) is 0 Å². The van der Waals surface area contributed by atoms with Gasteiger partial charge < -0.3 is 10.4 Å². The van der Waals surface area contributed by atoms with E-state index in [0.29, 0.717) is 0 Å². The van der Waals surface area contributed by atoms with Crippen LogP contribution in [0.2, 0.25) is 5.02 Å². The van der Waals surface area contributed by atoms with Crippen LogP contribution in [0.4, 0.5) is 0 Å². The summed E-state index contributed by atoms with van der Waals surface area (Å²) in [4.78, 5) is 22.7. The summed E-state index contributed by atoms with van der Waals surface area (Å²) in [6.07, 6.45) is 0. The topological polar surface area (TPSA) is 66.4 Å². The molecule has 86 valence electrons. The van der Waals surface area contributed by atoms with Gasteiger partial charge in [0.2, 0.25) is 0 Å². The summed E-state index contributed by atoms with van der Waals surface area (Å²) in [6, 6.07) is 4.36. The molecule has 1 amide bonds. The van der Waals surface area contributed by atoms with Crippen molar-refractivity contribution in [3.05, 3.63) is 34.3 Å². The number of rotatable bonds is 3. The van der Waals surface area contributed by atoms with Crippen LogP contribution in [0, 0.1) is 0 Å². The Balaban J connectivity index is 3.18. The molecule has 16 heavy (non-hydrogen) atoms. The first-order valence-corrected chi connectivity index (χ1v) is 5.14. The summed E-state index contributed by atoms with van der Waals surface area (Å²) in [5, 5.41) is 11.6. The van der Waals surface area contributed by atoms with E-state index in [4.69, 9.17) is 16.7 Å². The molecule has 1 aromatic carbocycles. The van der Waals surface area contributed by atoms with Gasteiger partial charge in [0.05, 0.1) is 16.1 Å². The zero-order chi connectivity index (χ0) is 12.3. The Morgan fingerprint density at radius 2 is 2.00 bits per heavy atom. The van der Waals surface area contributed by atoms with Crippen LogP contribution in [0.15, 0.2) is 18.2 Å². The van der Waals surface area contributed by atoms with E-state index in [1.54, 1.807) is 19.9 Å². The van der Waals surface area contributed by atoms with E-state index < -0.39 is 11.9 Å². The molecule has 0 aliphatic heterocycles.